The predicted molar refractivity (Wildman–Crippen MR) is 119 cm³/mol. The first-order valence-corrected chi connectivity index (χ1v) is 11.1. The molecule has 0 aliphatic heterocycles. The second-order valence-electron chi connectivity index (χ2n) is 6.29. The number of aliphatic carboxylic acids is 1. The van der Waals surface area contributed by atoms with Gasteiger partial charge in [0, 0.05) is 10.2 Å². The zero-order valence-corrected chi connectivity index (χ0v) is 18.5. The van der Waals surface area contributed by atoms with Gasteiger partial charge in [0.2, 0.25) is 0 Å². The standard InChI is InChI=1S/C21H19BrN2O5S/c1-2-29-21(28)13-3-6-15(7-4-13)24-18(12-30-10-9-19(25)26)23-17-8-5-14(22)11-16(17)20(24)27/h3-8,11H,2,9-10,12H2,1H3,(H,25,26). The normalized spacial score (nSPS) is 10.9. The SMILES string of the molecule is CCOC(=O)c1ccc(-n2c(CSCCC(=O)O)nc3ccc(Br)cc3c2=O)cc1. The van der Waals surface area contributed by atoms with E-state index in [9.17, 15) is 14.4 Å². The molecule has 0 fully saturated rings. The number of ether oxygens (including phenoxy) is 1. The number of rotatable bonds is 8. The minimum atomic E-state index is -0.870. The topological polar surface area (TPSA) is 98.5 Å². The molecule has 0 atom stereocenters. The number of carboxylic acid groups (broad SMARTS) is 1. The van der Waals surface area contributed by atoms with Gasteiger partial charge in [0.05, 0.1) is 40.9 Å². The molecule has 156 valence electrons. The van der Waals surface area contributed by atoms with E-state index in [-0.39, 0.29) is 18.6 Å². The molecule has 1 heterocycles. The van der Waals surface area contributed by atoms with Crippen molar-refractivity contribution in [1.29, 1.82) is 0 Å². The zero-order valence-electron chi connectivity index (χ0n) is 16.1. The molecule has 0 amide bonds. The van der Waals surface area contributed by atoms with Gasteiger partial charge in [-0.3, -0.25) is 14.2 Å². The summed E-state index contributed by atoms with van der Waals surface area (Å²) in [5, 5.41) is 9.29. The van der Waals surface area contributed by atoms with Crippen molar-refractivity contribution in [2.75, 3.05) is 12.4 Å². The van der Waals surface area contributed by atoms with Crippen LogP contribution in [0.5, 0.6) is 0 Å². The second-order valence-corrected chi connectivity index (χ2v) is 8.31. The number of aromatic nitrogens is 2. The van der Waals surface area contributed by atoms with Gasteiger partial charge in [0.1, 0.15) is 5.82 Å². The highest BCUT2D eigenvalue weighted by molar-refractivity contribution is 9.10. The van der Waals surface area contributed by atoms with E-state index in [1.165, 1.54) is 16.3 Å². The summed E-state index contributed by atoms with van der Waals surface area (Å²) in [4.78, 5) is 40.6. The molecule has 0 bridgehead atoms. The largest absolute Gasteiger partial charge is 0.481 e. The molecule has 0 spiro atoms. The van der Waals surface area contributed by atoms with Crippen molar-refractivity contribution in [1.82, 2.24) is 9.55 Å². The Balaban J connectivity index is 2.04. The molecule has 30 heavy (non-hydrogen) atoms. The van der Waals surface area contributed by atoms with Crippen molar-refractivity contribution in [2.45, 2.75) is 19.1 Å². The number of carbonyl (C=O) groups excluding carboxylic acids is 1. The number of hydrogen-bond donors (Lipinski definition) is 1. The molecule has 0 saturated heterocycles. The Kier molecular flexibility index (Phi) is 7.28. The summed E-state index contributed by atoms with van der Waals surface area (Å²) in [6.45, 7) is 2.01. The van der Waals surface area contributed by atoms with E-state index >= 15 is 0 Å². The van der Waals surface area contributed by atoms with Crippen molar-refractivity contribution in [3.63, 3.8) is 0 Å². The van der Waals surface area contributed by atoms with Crippen LogP contribution in [0.25, 0.3) is 16.6 Å². The number of carboxylic acids is 1. The van der Waals surface area contributed by atoms with Gasteiger partial charge in [-0.2, -0.15) is 11.8 Å². The van der Waals surface area contributed by atoms with Gasteiger partial charge < -0.3 is 9.84 Å². The molecule has 0 aliphatic rings. The lowest BCUT2D eigenvalue weighted by molar-refractivity contribution is -0.136. The van der Waals surface area contributed by atoms with E-state index in [4.69, 9.17) is 9.84 Å². The first kappa shape index (κ1) is 22.0. The van der Waals surface area contributed by atoms with Crippen LogP contribution in [0.15, 0.2) is 51.7 Å². The summed E-state index contributed by atoms with van der Waals surface area (Å²) >= 11 is 4.78. The fourth-order valence-electron chi connectivity index (χ4n) is 2.85. The number of halogens is 1. The number of esters is 1. The molecule has 0 aliphatic carbocycles. The molecule has 3 rings (SSSR count). The van der Waals surface area contributed by atoms with Gasteiger partial charge >= 0.3 is 11.9 Å². The zero-order chi connectivity index (χ0) is 21.7. The van der Waals surface area contributed by atoms with E-state index in [2.05, 4.69) is 20.9 Å². The molecule has 0 radical (unpaired) electrons. The van der Waals surface area contributed by atoms with Crippen LogP contribution in [-0.4, -0.2) is 39.0 Å². The van der Waals surface area contributed by atoms with Crippen molar-refractivity contribution in [3.8, 4) is 5.69 Å². The molecule has 2 aromatic carbocycles. The molecule has 3 aromatic rings. The quantitative estimate of drug-likeness (QED) is 0.375. The summed E-state index contributed by atoms with van der Waals surface area (Å²) < 4.78 is 7.26. The Morgan fingerprint density at radius 2 is 1.93 bits per heavy atom. The van der Waals surface area contributed by atoms with E-state index in [0.29, 0.717) is 39.5 Å². The highest BCUT2D eigenvalue weighted by Gasteiger charge is 2.15. The molecule has 9 heteroatoms. The average molecular weight is 491 g/mol. The summed E-state index contributed by atoms with van der Waals surface area (Å²) in [5.41, 5.74) is 1.29. The van der Waals surface area contributed by atoms with Crippen molar-refractivity contribution in [3.05, 3.63) is 68.7 Å². The van der Waals surface area contributed by atoms with E-state index in [1.807, 2.05) is 6.07 Å². The van der Waals surface area contributed by atoms with Crippen molar-refractivity contribution in [2.24, 2.45) is 0 Å². The maximum absolute atomic E-state index is 13.3. The van der Waals surface area contributed by atoms with Crippen molar-refractivity contribution < 1.29 is 19.4 Å². The first-order valence-electron chi connectivity index (χ1n) is 9.19. The van der Waals surface area contributed by atoms with Gasteiger partial charge in [-0.15, -0.1) is 0 Å². The van der Waals surface area contributed by atoms with Crippen LogP contribution < -0.4 is 5.56 Å². The van der Waals surface area contributed by atoms with E-state index in [0.717, 1.165) is 4.47 Å². The van der Waals surface area contributed by atoms with Gasteiger partial charge in [-0.25, -0.2) is 9.78 Å². The van der Waals surface area contributed by atoms with Crippen LogP contribution in [0.3, 0.4) is 0 Å². The Morgan fingerprint density at radius 3 is 2.60 bits per heavy atom. The van der Waals surface area contributed by atoms with Gasteiger partial charge in [-0.1, -0.05) is 15.9 Å². The molecule has 1 N–H and O–H groups in total. The third-order valence-corrected chi connectivity index (χ3v) is 5.68. The Hall–Kier alpha value is -2.65. The van der Waals surface area contributed by atoms with E-state index < -0.39 is 11.9 Å². The Labute approximate surface area is 185 Å². The number of fused-ring (bicyclic) bond motifs is 1. The van der Waals surface area contributed by atoms with Gasteiger partial charge in [0.15, 0.2) is 0 Å². The summed E-state index contributed by atoms with van der Waals surface area (Å²) in [5.74, 6) is -0.0132. The lowest BCUT2D eigenvalue weighted by Crippen LogP contribution is -2.23. The summed E-state index contributed by atoms with van der Waals surface area (Å²) in [6.07, 6.45) is 0.0314. The van der Waals surface area contributed by atoms with Crippen molar-refractivity contribution >= 4 is 50.5 Å². The van der Waals surface area contributed by atoms with Crippen LogP contribution in [0.4, 0.5) is 0 Å². The monoisotopic (exact) mass is 490 g/mol. The molecular weight excluding hydrogens is 472 g/mol. The molecule has 1 aromatic heterocycles. The summed E-state index contributed by atoms with van der Waals surface area (Å²) in [6, 6.07) is 11.8. The van der Waals surface area contributed by atoms with Crippen LogP contribution >= 0.6 is 27.7 Å². The lowest BCUT2D eigenvalue weighted by Gasteiger charge is -2.14. The Bertz CT molecular complexity index is 1140. The minimum absolute atomic E-state index is 0.0314. The fraction of sp³-hybridized carbons (Fsp3) is 0.238. The maximum atomic E-state index is 13.3. The first-order chi connectivity index (χ1) is 14.4. The number of hydrogen-bond acceptors (Lipinski definition) is 6. The fourth-order valence-corrected chi connectivity index (χ4v) is 4.05. The minimum Gasteiger partial charge on any atom is -0.481 e. The highest BCUT2D eigenvalue weighted by atomic mass is 79.9. The van der Waals surface area contributed by atoms with Crippen LogP contribution in [0, 0.1) is 0 Å². The molecule has 0 unspecified atom stereocenters. The van der Waals surface area contributed by atoms with Crippen LogP contribution in [0.1, 0.15) is 29.5 Å². The van der Waals surface area contributed by atoms with Gasteiger partial charge in [-0.05, 0) is 49.4 Å². The predicted octanol–water partition coefficient (Wildman–Crippen LogP) is 4.03. The molecule has 7 nitrogen and oxygen atoms in total. The summed E-state index contributed by atoms with van der Waals surface area (Å²) in [7, 11) is 0. The number of carbonyl (C=O) groups is 2. The number of nitrogens with zero attached hydrogens (tertiary/aromatic N) is 2. The highest BCUT2D eigenvalue weighted by Crippen LogP contribution is 2.21. The number of thioether (sulfide) groups is 1. The molecular formula is C21H19BrN2O5S. The molecule has 0 saturated carbocycles. The average Bonchev–Trinajstić information content (AvgIpc) is 2.72. The van der Waals surface area contributed by atoms with Crippen LogP contribution in [-0.2, 0) is 15.3 Å². The van der Waals surface area contributed by atoms with E-state index in [1.54, 1.807) is 43.3 Å². The smallest absolute Gasteiger partial charge is 0.338 e. The van der Waals surface area contributed by atoms with Crippen LogP contribution in [0.2, 0.25) is 0 Å². The lowest BCUT2D eigenvalue weighted by atomic mass is 10.2. The second kappa shape index (κ2) is 9.90. The number of benzene rings is 2. The van der Waals surface area contributed by atoms with Gasteiger partial charge in [0.25, 0.3) is 5.56 Å². The maximum Gasteiger partial charge on any atom is 0.338 e. The third-order valence-electron chi connectivity index (χ3n) is 4.23. The third kappa shape index (κ3) is 5.09. The Morgan fingerprint density at radius 1 is 1.20 bits per heavy atom.